The Bertz CT molecular complexity index is 434. The smallest absolute Gasteiger partial charge is 0.289 e. The summed E-state index contributed by atoms with van der Waals surface area (Å²) in [6.45, 7) is 0.640. The molecule has 0 aliphatic carbocycles. The molecular weight excluding hydrogens is 254 g/mol. The number of nitrogens with two attached hydrogens (primary N) is 1. The minimum Gasteiger partial charge on any atom is -0.438 e. The molecule has 19 heavy (non-hydrogen) atoms. The number of carbonyl (C=O) groups is 2. The van der Waals surface area contributed by atoms with E-state index in [9.17, 15) is 9.59 Å². The second-order valence-electron chi connectivity index (χ2n) is 4.12. The van der Waals surface area contributed by atoms with Crippen LogP contribution in [0.1, 0.15) is 17.0 Å². The molecule has 1 aliphatic rings. The first-order chi connectivity index (χ1) is 9.16. The summed E-state index contributed by atoms with van der Waals surface area (Å²) in [5, 5.41) is 2.72. The highest BCUT2D eigenvalue weighted by molar-refractivity contribution is 5.91. The highest BCUT2D eigenvalue weighted by atomic mass is 16.5. The average molecular weight is 269 g/mol. The molecule has 0 saturated carbocycles. The van der Waals surface area contributed by atoms with Crippen molar-refractivity contribution in [3.05, 3.63) is 18.4 Å². The molecule has 2 amide bonds. The number of carbonyl (C=O) groups excluding carboxylic acids is 2. The van der Waals surface area contributed by atoms with E-state index in [1.54, 1.807) is 0 Å². The molecule has 104 valence electrons. The SMILES string of the molecule is NC(=O)CO[C@@H]1CCOC[C@@H]1NC(=O)c1cnco1. The number of nitrogens with zero attached hydrogens (tertiary/aromatic N) is 1. The fourth-order valence-electron chi connectivity index (χ4n) is 1.81. The third-order valence-electron chi connectivity index (χ3n) is 2.71. The zero-order valence-corrected chi connectivity index (χ0v) is 10.2. The third-order valence-corrected chi connectivity index (χ3v) is 2.71. The average Bonchev–Trinajstić information content (AvgIpc) is 2.91. The molecule has 2 atom stereocenters. The Kier molecular flexibility index (Phi) is 4.48. The standard InChI is InChI=1S/C11H15N3O5/c12-10(15)5-18-8-1-2-17-4-7(8)14-11(16)9-3-13-6-19-9/h3,6-8H,1-2,4-5H2,(H2,12,15)(H,14,16)/t7-,8+/m0/s1. The number of aromatic nitrogens is 1. The molecule has 3 N–H and O–H groups in total. The summed E-state index contributed by atoms with van der Waals surface area (Å²) in [5.41, 5.74) is 5.03. The molecule has 8 heteroatoms. The first-order valence-corrected chi connectivity index (χ1v) is 5.84. The molecule has 1 aromatic rings. The largest absolute Gasteiger partial charge is 0.438 e. The Morgan fingerprint density at radius 2 is 2.42 bits per heavy atom. The number of ether oxygens (including phenoxy) is 2. The van der Waals surface area contributed by atoms with E-state index in [-0.39, 0.29) is 24.5 Å². The van der Waals surface area contributed by atoms with Crippen LogP contribution in [0.25, 0.3) is 0 Å². The molecule has 0 aromatic carbocycles. The van der Waals surface area contributed by atoms with Crippen LogP contribution in [-0.2, 0) is 14.3 Å². The van der Waals surface area contributed by atoms with Gasteiger partial charge in [-0.05, 0) is 6.42 Å². The van der Waals surface area contributed by atoms with E-state index < -0.39 is 11.8 Å². The van der Waals surface area contributed by atoms with Gasteiger partial charge in [0.05, 0.1) is 24.9 Å². The Morgan fingerprint density at radius 1 is 1.58 bits per heavy atom. The van der Waals surface area contributed by atoms with Gasteiger partial charge in [-0.3, -0.25) is 9.59 Å². The van der Waals surface area contributed by atoms with Gasteiger partial charge in [-0.15, -0.1) is 0 Å². The molecule has 2 rings (SSSR count). The van der Waals surface area contributed by atoms with Gasteiger partial charge in [-0.2, -0.15) is 0 Å². The lowest BCUT2D eigenvalue weighted by molar-refractivity contribution is -0.128. The zero-order valence-electron chi connectivity index (χ0n) is 10.2. The molecule has 0 bridgehead atoms. The Labute approximate surface area is 109 Å². The van der Waals surface area contributed by atoms with Crippen molar-refractivity contribution in [1.82, 2.24) is 10.3 Å². The van der Waals surface area contributed by atoms with Gasteiger partial charge in [0.2, 0.25) is 11.7 Å². The second-order valence-corrected chi connectivity index (χ2v) is 4.12. The van der Waals surface area contributed by atoms with Crippen LogP contribution in [0.5, 0.6) is 0 Å². The van der Waals surface area contributed by atoms with Gasteiger partial charge in [0.1, 0.15) is 6.61 Å². The molecule has 0 radical (unpaired) electrons. The van der Waals surface area contributed by atoms with Crippen molar-refractivity contribution in [1.29, 1.82) is 0 Å². The van der Waals surface area contributed by atoms with Crippen molar-refractivity contribution >= 4 is 11.8 Å². The number of oxazole rings is 1. The zero-order chi connectivity index (χ0) is 13.7. The quantitative estimate of drug-likeness (QED) is 0.712. The van der Waals surface area contributed by atoms with Crippen LogP contribution in [0.3, 0.4) is 0 Å². The monoisotopic (exact) mass is 269 g/mol. The number of hydrogen-bond acceptors (Lipinski definition) is 6. The summed E-state index contributed by atoms with van der Waals surface area (Å²) >= 11 is 0. The normalized spacial score (nSPS) is 22.9. The molecule has 1 aliphatic heterocycles. The lowest BCUT2D eigenvalue weighted by atomic mass is 10.1. The Morgan fingerprint density at radius 3 is 3.11 bits per heavy atom. The van der Waals surface area contributed by atoms with E-state index >= 15 is 0 Å². The van der Waals surface area contributed by atoms with Crippen molar-refractivity contribution in [2.75, 3.05) is 19.8 Å². The van der Waals surface area contributed by atoms with Gasteiger partial charge in [-0.1, -0.05) is 0 Å². The van der Waals surface area contributed by atoms with Gasteiger partial charge in [0.15, 0.2) is 6.39 Å². The van der Waals surface area contributed by atoms with Crippen molar-refractivity contribution in [2.45, 2.75) is 18.6 Å². The fourth-order valence-corrected chi connectivity index (χ4v) is 1.81. The Balaban J connectivity index is 1.91. The maximum Gasteiger partial charge on any atom is 0.289 e. The van der Waals surface area contributed by atoms with E-state index in [2.05, 4.69) is 10.3 Å². The molecule has 2 heterocycles. The van der Waals surface area contributed by atoms with Crippen LogP contribution in [0.4, 0.5) is 0 Å². The van der Waals surface area contributed by atoms with Crippen LogP contribution in [-0.4, -0.2) is 48.8 Å². The lowest BCUT2D eigenvalue weighted by Crippen LogP contribution is -2.51. The fraction of sp³-hybridized carbons (Fsp3) is 0.545. The predicted octanol–water partition coefficient (Wildman–Crippen LogP) is -0.936. The number of hydrogen-bond donors (Lipinski definition) is 2. The van der Waals surface area contributed by atoms with E-state index in [0.29, 0.717) is 19.6 Å². The third kappa shape index (κ3) is 3.76. The van der Waals surface area contributed by atoms with Crippen molar-refractivity contribution in [3.63, 3.8) is 0 Å². The first kappa shape index (κ1) is 13.5. The second kappa shape index (κ2) is 6.30. The highest BCUT2D eigenvalue weighted by Crippen LogP contribution is 2.12. The van der Waals surface area contributed by atoms with Gasteiger partial charge in [0.25, 0.3) is 5.91 Å². The van der Waals surface area contributed by atoms with Crippen LogP contribution >= 0.6 is 0 Å². The summed E-state index contributed by atoms with van der Waals surface area (Å²) in [4.78, 5) is 26.2. The summed E-state index contributed by atoms with van der Waals surface area (Å²) < 4.78 is 15.5. The summed E-state index contributed by atoms with van der Waals surface area (Å²) in [6.07, 6.45) is 2.76. The van der Waals surface area contributed by atoms with Crippen molar-refractivity contribution in [2.24, 2.45) is 5.73 Å². The van der Waals surface area contributed by atoms with E-state index in [4.69, 9.17) is 19.6 Å². The van der Waals surface area contributed by atoms with Crippen LogP contribution in [0.2, 0.25) is 0 Å². The van der Waals surface area contributed by atoms with Crippen molar-refractivity contribution in [3.8, 4) is 0 Å². The van der Waals surface area contributed by atoms with Gasteiger partial charge >= 0.3 is 0 Å². The van der Waals surface area contributed by atoms with E-state index in [1.807, 2.05) is 0 Å². The van der Waals surface area contributed by atoms with Crippen LogP contribution in [0, 0.1) is 0 Å². The minimum absolute atomic E-state index is 0.110. The predicted molar refractivity (Wildman–Crippen MR) is 62.1 cm³/mol. The topological polar surface area (TPSA) is 117 Å². The van der Waals surface area contributed by atoms with Crippen LogP contribution in [0.15, 0.2) is 17.0 Å². The van der Waals surface area contributed by atoms with Gasteiger partial charge < -0.3 is 24.9 Å². The lowest BCUT2D eigenvalue weighted by Gasteiger charge is -2.31. The first-order valence-electron chi connectivity index (χ1n) is 5.84. The van der Waals surface area contributed by atoms with Gasteiger partial charge in [0, 0.05) is 6.61 Å². The molecule has 0 spiro atoms. The number of nitrogens with one attached hydrogen (secondary N) is 1. The summed E-state index contributed by atoms with van der Waals surface area (Å²) in [7, 11) is 0. The Hall–Kier alpha value is -1.93. The number of amides is 2. The van der Waals surface area contributed by atoms with E-state index in [1.165, 1.54) is 12.6 Å². The minimum atomic E-state index is -0.549. The molecule has 1 aromatic heterocycles. The molecule has 0 unspecified atom stereocenters. The maximum atomic E-state index is 11.8. The maximum absolute atomic E-state index is 11.8. The summed E-state index contributed by atoms with van der Waals surface area (Å²) in [6, 6.07) is -0.356. The summed E-state index contributed by atoms with van der Waals surface area (Å²) in [5.74, 6) is -0.841. The molecule has 8 nitrogen and oxygen atoms in total. The van der Waals surface area contributed by atoms with Crippen molar-refractivity contribution < 1.29 is 23.5 Å². The highest BCUT2D eigenvalue weighted by Gasteiger charge is 2.29. The molecular formula is C11H15N3O5. The van der Waals surface area contributed by atoms with Crippen LogP contribution < -0.4 is 11.1 Å². The van der Waals surface area contributed by atoms with Gasteiger partial charge in [-0.25, -0.2) is 4.98 Å². The van der Waals surface area contributed by atoms with E-state index in [0.717, 1.165) is 0 Å². The number of rotatable bonds is 5. The molecule has 1 saturated heterocycles. The molecule has 1 fully saturated rings. The number of primary amides is 1.